The lowest BCUT2D eigenvalue weighted by atomic mass is 9.79. The fraction of sp³-hybridized carbons (Fsp3) is 0.0244. The predicted molar refractivity (Wildman–Crippen MR) is 170 cm³/mol. The van der Waals surface area contributed by atoms with Crippen molar-refractivity contribution in [3.8, 4) is 0 Å². The molecule has 0 radical (unpaired) electrons. The van der Waals surface area contributed by atoms with Crippen LogP contribution in [0.25, 0.3) is 23.3 Å². The fourth-order valence-electron chi connectivity index (χ4n) is 6.78. The molecule has 6 aromatic rings. The molecule has 2 aliphatic rings. The second-order valence-corrected chi connectivity index (χ2v) is 10.9. The van der Waals surface area contributed by atoms with Crippen LogP contribution in [0.1, 0.15) is 44.9 Å². The Balaban J connectivity index is 1.57. The van der Waals surface area contributed by atoms with E-state index in [4.69, 9.17) is 0 Å². The highest BCUT2D eigenvalue weighted by Crippen LogP contribution is 2.46. The van der Waals surface area contributed by atoms with Gasteiger partial charge in [-0.2, -0.15) is 0 Å². The van der Waals surface area contributed by atoms with Crippen molar-refractivity contribution in [2.45, 2.75) is 5.92 Å². The van der Waals surface area contributed by atoms with Gasteiger partial charge in [0.1, 0.15) is 0 Å². The first kappa shape index (κ1) is 23.7. The largest absolute Gasteiger partial charge is 0.0622 e. The second-order valence-electron chi connectivity index (χ2n) is 10.9. The molecule has 0 aromatic heterocycles. The van der Waals surface area contributed by atoms with Gasteiger partial charge >= 0.3 is 0 Å². The number of benzene rings is 6. The Morgan fingerprint density at radius 2 is 1.07 bits per heavy atom. The van der Waals surface area contributed by atoms with Gasteiger partial charge in [0, 0.05) is 5.92 Å². The SMILES string of the molecule is C1=C(c2ccccc2)C(c2c3c(ccc2=C(c2ccccc2)c2ccccc2)=c2ccccc2=C3)c2ccccc21. The first-order valence-corrected chi connectivity index (χ1v) is 14.3. The summed E-state index contributed by atoms with van der Waals surface area (Å²) < 4.78 is 0. The van der Waals surface area contributed by atoms with E-state index in [2.05, 4.69) is 164 Å². The number of fused-ring (bicyclic) bond motifs is 3. The molecule has 8 rings (SSSR count). The van der Waals surface area contributed by atoms with Crippen molar-refractivity contribution < 1.29 is 0 Å². The van der Waals surface area contributed by atoms with Crippen LogP contribution < -0.4 is 10.4 Å². The van der Waals surface area contributed by atoms with Crippen LogP contribution in [-0.4, -0.2) is 0 Å². The highest BCUT2D eigenvalue weighted by molar-refractivity contribution is 5.95. The highest BCUT2D eigenvalue weighted by Gasteiger charge is 2.31. The third-order valence-corrected chi connectivity index (χ3v) is 8.56. The van der Waals surface area contributed by atoms with Crippen molar-refractivity contribution in [1.29, 1.82) is 0 Å². The molecular weight excluding hydrogens is 492 g/mol. The molecule has 0 saturated carbocycles. The van der Waals surface area contributed by atoms with Crippen LogP contribution in [0.15, 0.2) is 152 Å². The van der Waals surface area contributed by atoms with E-state index in [0.717, 1.165) is 0 Å². The summed E-state index contributed by atoms with van der Waals surface area (Å²) in [6, 6.07) is 55.1. The Morgan fingerprint density at radius 1 is 0.463 bits per heavy atom. The fourth-order valence-corrected chi connectivity index (χ4v) is 6.78. The van der Waals surface area contributed by atoms with Gasteiger partial charge in [-0.25, -0.2) is 0 Å². The first-order chi connectivity index (χ1) is 20.4. The molecule has 0 fully saturated rings. The topological polar surface area (TPSA) is 0 Å². The quantitative estimate of drug-likeness (QED) is 0.220. The highest BCUT2D eigenvalue weighted by atomic mass is 14.3. The second kappa shape index (κ2) is 9.77. The molecule has 0 heteroatoms. The molecule has 0 N–H and O–H groups in total. The zero-order valence-corrected chi connectivity index (χ0v) is 22.7. The molecule has 1 atom stereocenters. The lowest BCUT2D eigenvalue weighted by Gasteiger charge is -2.23. The first-order valence-electron chi connectivity index (χ1n) is 14.3. The summed E-state index contributed by atoms with van der Waals surface area (Å²) in [4.78, 5) is 0. The maximum absolute atomic E-state index is 2.42. The molecule has 0 heterocycles. The number of hydrogen-bond donors (Lipinski definition) is 0. The molecule has 6 aromatic carbocycles. The van der Waals surface area contributed by atoms with Crippen LogP contribution in [0.2, 0.25) is 0 Å². The van der Waals surface area contributed by atoms with Crippen molar-refractivity contribution in [1.82, 2.24) is 0 Å². The standard InChI is InChI=1S/C41H28/c1-4-14-28(15-5-1)37-26-32-21-11-13-23-34(32)40(37)41-36(25-24-35-33-22-12-10-20-31(33)27-38(35)41)39(29-16-6-2-7-17-29)30-18-8-3-9-19-30/h1-27,40H. The minimum absolute atomic E-state index is 0.103. The van der Waals surface area contributed by atoms with E-state index in [-0.39, 0.29) is 5.92 Å². The van der Waals surface area contributed by atoms with E-state index in [1.165, 1.54) is 71.0 Å². The van der Waals surface area contributed by atoms with Gasteiger partial charge in [-0.05, 0) is 83.1 Å². The van der Waals surface area contributed by atoms with Crippen molar-refractivity contribution in [2.75, 3.05) is 0 Å². The lowest BCUT2D eigenvalue weighted by molar-refractivity contribution is 1.04. The van der Waals surface area contributed by atoms with E-state index in [9.17, 15) is 0 Å². The summed E-state index contributed by atoms with van der Waals surface area (Å²) in [5.74, 6) is 0.103. The summed E-state index contributed by atoms with van der Waals surface area (Å²) in [5.41, 5.74) is 11.7. The van der Waals surface area contributed by atoms with Gasteiger partial charge < -0.3 is 0 Å². The molecular formula is C41H28. The summed E-state index contributed by atoms with van der Waals surface area (Å²) in [6.07, 6.45) is 4.83. The third kappa shape index (κ3) is 3.91. The van der Waals surface area contributed by atoms with Crippen LogP contribution in [-0.2, 0) is 0 Å². The Labute approximate surface area is 240 Å². The van der Waals surface area contributed by atoms with Gasteiger partial charge in [0.05, 0.1) is 0 Å². The molecule has 2 aliphatic carbocycles. The maximum atomic E-state index is 2.42. The lowest BCUT2D eigenvalue weighted by Crippen LogP contribution is -2.21. The molecule has 0 spiro atoms. The number of allylic oxidation sites excluding steroid dienone is 1. The maximum Gasteiger partial charge on any atom is 0.0364 e. The van der Waals surface area contributed by atoms with Gasteiger partial charge in [0.15, 0.2) is 0 Å². The van der Waals surface area contributed by atoms with E-state index in [0.29, 0.717) is 0 Å². The van der Waals surface area contributed by atoms with Crippen molar-refractivity contribution in [3.63, 3.8) is 0 Å². The molecule has 192 valence electrons. The zero-order chi connectivity index (χ0) is 27.2. The van der Waals surface area contributed by atoms with Crippen molar-refractivity contribution >= 4 is 23.3 Å². The number of rotatable bonds is 4. The van der Waals surface area contributed by atoms with E-state index in [1.54, 1.807) is 0 Å². The molecule has 0 amide bonds. The van der Waals surface area contributed by atoms with E-state index in [1.807, 2.05) is 0 Å². The van der Waals surface area contributed by atoms with Gasteiger partial charge in [-0.3, -0.25) is 0 Å². The normalized spacial score (nSPS) is 14.4. The van der Waals surface area contributed by atoms with Crippen LogP contribution in [0.4, 0.5) is 0 Å². The Kier molecular flexibility index (Phi) is 5.64. The average molecular weight is 521 g/mol. The summed E-state index contributed by atoms with van der Waals surface area (Å²) in [6.45, 7) is 0. The Bertz CT molecular complexity index is 2130. The van der Waals surface area contributed by atoms with Crippen LogP contribution in [0, 0.1) is 10.4 Å². The monoisotopic (exact) mass is 520 g/mol. The van der Waals surface area contributed by atoms with Gasteiger partial charge in [0.25, 0.3) is 0 Å². The van der Waals surface area contributed by atoms with Crippen molar-refractivity contribution in [3.05, 3.63) is 211 Å². The molecule has 0 saturated heterocycles. The number of hydrogen-bond acceptors (Lipinski definition) is 0. The molecule has 1 unspecified atom stereocenters. The van der Waals surface area contributed by atoms with Crippen LogP contribution in [0.3, 0.4) is 0 Å². The molecule has 41 heavy (non-hydrogen) atoms. The zero-order valence-electron chi connectivity index (χ0n) is 22.7. The predicted octanol–water partition coefficient (Wildman–Crippen LogP) is 8.05. The van der Waals surface area contributed by atoms with Crippen molar-refractivity contribution in [2.24, 2.45) is 0 Å². The minimum Gasteiger partial charge on any atom is -0.0622 e. The Morgan fingerprint density at radius 3 is 1.80 bits per heavy atom. The molecule has 0 aliphatic heterocycles. The average Bonchev–Trinajstić information content (AvgIpc) is 3.61. The summed E-state index contributed by atoms with van der Waals surface area (Å²) in [7, 11) is 0. The van der Waals surface area contributed by atoms with Crippen LogP contribution in [0.5, 0.6) is 0 Å². The third-order valence-electron chi connectivity index (χ3n) is 8.56. The summed E-state index contributed by atoms with van der Waals surface area (Å²) >= 11 is 0. The summed E-state index contributed by atoms with van der Waals surface area (Å²) in [5, 5.41) is 5.21. The Hall–Kier alpha value is -5.20. The molecule has 0 bridgehead atoms. The van der Waals surface area contributed by atoms with Gasteiger partial charge in [-0.15, -0.1) is 0 Å². The van der Waals surface area contributed by atoms with E-state index < -0.39 is 0 Å². The van der Waals surface area contributed by atoms with Gasteiger partial charge in [0.2, 0.25) is 0 Å². The van der Waals surface area contributed by atoms with Gasteiger partial charge in [-0.1, -0.05) is 152 Å². The minimum atomic E-state index is 0.103. The van der Waals surface area contributed by atoms with Crippen LogP contribution >= 0.6 is 0 Å². The molecule has 0 nitrogen and oxygen atoms in total. The van der Waals surface area contributed by atoms with E-state index >= 15 is 0 Å². The smallest absolute Gasteiger partial charge is 0.0364 e.